The average Bonchev–Trinajstić information content (AvgIpc) is 2.13. The van der Waals surface area contributed by atoms with Gasteiger partial charge in [0, 0.05) is 0 Å². The minimum Gasteiger partial charge on any atom is -0.506 e. The maximum atomic E-state index is 12.6. The van der Waals surface area contributed by atoms with Crippen LogP contribution in [-0.2, 0) is 6.18 Å². The number of hydrogen-bond acceptors (Lipinski definition) is 3. The zero-order valence-electron chi connectivity index (χ0n) is 8.87. The molecule has 0 radical (unpaired) electrons. The van der Waals surface area contributed by atoms with Gasteiger partial charge in [-0.3, -0.25) is 0 Å². The lowest BCUT2D eigenvalue weighted by Gasteiger charge is -2.15. The molecule has 0 bridgehead atoms. The zero-order valence-corrected chi connectivity index (χ0v) is 8.87. The molecular formula is C10H7F3O5. The number of carboxylic acids is 2. The Morgan fingerprint density at radius 1 is 1.11 bits per heavy atom. The highest BCUT2D eigenvalue weighted by molar-refractivity contribution is 6.00. The maximum absolute atomic E-state index is 12.6. The number of aromatic hydroxyl groups is 1. The third-order valence-electron chi connectivity index (χ3n) is 2.23. The van der Waals surface area contributed by atoms with E-state index >= 15 is 0 Å². The highest BCUT2D eigenvalue weighted by Crippen LogP contribution is 2.39. The van der Waals surface area contributed by atoms with E-state index in [1.54, 1.807) is 0 Å². The molecule has 0 aliphatic rings. The Labute approximate surface area is 98.1 Å². The fourth-order valence-corrected chi connectivity index (χ4v) is 1.51. The van der Waals surface area contributed by atoms with Gasteiger partial charge in [0.2, 0.25) is 0 Å². The van der Waals surface area contributed by atoms with Crippen LogP contribution in [0.15, 0.2) is 6.07 Å². The van der Waals surface area contributed by atoms with Gasteiger partial charge in [-0.25, -0.2) is 9.59 Å². The smallest absolute Gasteiger partial charge is 0.417 e. The zero-order chi connectivity index (χ0) is 14.2. The van der Waals surface area contributed by atoms with Gasteiger partial charge in [-0.15, -0.1) is 0 Å². The Morgan fingerprint density at radius 3 is 1.89 bits per heavy atom. The van der Waals surface area contributed by atoms with Crippen LogP contribution in [0.4, 0.5) is 13.2 Å². The number of rotatable bonds is 2. The Morgan fingerprint density at radius 2 is 1.56 bits per heavy atom. The van der Waals surface area contributed by atoms with Crippen LogP contribution in [0.5, 0.6) is 5.75 Å². The van der Waals surface area contributed by atoms with Gasteiger partial charge in [-0.1, -0.05) is 0 Å². The summed E-state index contributed by atoms with van der Waals surface area (Å²) in [6.45, 7) is 1.03. The maximum Gasteiger partial charge on any atom is 0.417 e. The van der Waals surface area contributed by atoms with Crippen molar-refractivity contribution in [2.24, 2.45) is 0 Å². The topological polar surface area (TPSA) is 94.8 Å². The van der Waals surface area contributed by atoms with Gasteiger partial charge in [0.15, 0.2) is 0 Å². The molecule has 0 atom stereocenters. The van der Waals surface area contributed by atoms with E-state index in [2.05, 4.69) is 0 Å². The Bertz CT molecular complexity index is 533. The minimum absolute atomic E-state index is 0.377. The Hall–Kier alpha value is -2.25. The molecule has 0 saturated heterocycles. The fraction of sp³-hybridized carbons (Fsp3) is 0.200. The van der Waals surface area contributed by atoms with Crippen LogP contribution in [0.1, 0.15) is 31.8 Å². The summed E-state index contributed by atoms with van der Waals surface area (Å²) >= 11 is 0. The van der Waals surface area contributed by atoms with Gasteiger partial charge in [0.25, 0.3) is 0 Å². The van der Waals surface area contributed by atoms with Crippen LogP contribution < -0.4 is 0 Å². The van der Waals surface area contributed by atoms with Crippen LogP contribution in [0.3, 0.4) is 0 Å². The number of aryl methyl sites for hydroxylation is 1. The first-order valence-electron chi connectivity index (χ1n) is 4.47. The first kappa shape index (κ1) is 13.8. The van der Waals surface area contributed by atoms with E-state index in [9.17, 15) is 27.9 Å². The second-order valence-electron chi connectivity index (χ2n) is 3.45. The molecule has 0 aliphatic heterocycles. The average molecular weight is 264 g/mol. The number of phenols is 1. The van der Waals surface area contributed by atoms with Gasteiger partial charge in [-0.05, 0) is 18.6 Å². The molecule has 1 aromatic rings. The summed E-state index contributed by atoms with van der Waals surface area (Å²) in [7, 11) is 0. The molecule has 3 N–H and O–H groups in total. The molecule has 0 aromatic heterocycles. The van der Waals surface area contributed by atoms with Crippen LogP contribution in [0.25, 0.3) is 0 Å². The molecule has 1 rings (SSSR count). The summed E-state index contributed by atoms with van der Waals surface area (Å²) in [6.07, 6.45) is -5.01. The molecule has 8 heteroatoms. The summed E-state index contributed by atoms with van der Waals surface area (Å²) in [5, 5.41) is 26.8. The molecule has 0 aliphatic carbocycles. The van der Waals surface area contributed by atoms with Crippen LogP contribution in [0, 0.1) is 6.92 Å². The van der Waals surface area contributed by atoms with Crippen molar-refractivity contribution in [1.82, 2.24) is 0 Å². The van der Waals surface area contributed by atoms with Gasteiger partial charge >= 0.3 is 18.1 Å². The van der Waals surface area contributed by atoms with Crippen LogP contribution in [-0.4, -0.2) is 27.3 Å². The first-order valence-corrected chi connectivity index (χ1v) is 4.47. The summed E-state index contributed by atoms with van der Waals surface area (Å²) in [5.41, 5.74) is -4.29. The minimum atomic E-state index is -5.01. The third kappa shape index (κ3) is 2.22. The lowest BCUT2D eigenvalue weighted by molar-refractivity contribution is -0.138. The quantitative estimate of drug-likeness (QED) is 0.760. The standard InChI is InChI=1S/C10H7F3O5/c1-3-2-4(10(11,12)13)6(9(17)18)7(14)5(3)8(15)16/h2,14H,1H3,(H,15,16)(H,17,18). The molecule has 0 saturated carbocycles. The number of carbonyl (C=O) groups is 2. The molecule has 98 valence electrons. The third-order valence-corrected chi connectivity index (χ3v) is 2.23. The second kappa shape index (κ2) is 4.21. The summed E-state index contributed by atoms with van der Waals surface area (Å²) in [5.74, 6) is -5.16. The van der Waals surface area contributed by atoms with Gasteiger partial charge < -0.3 is 15.3 Å². The lowest BCUT2D eigenvalue weighted by atomic mass is 9.97. The van der Waals surface area contributed by atoms with E-state index in [1.165, 1.54) is 0 Å². The molecule has 0 fully saturated rings. The molecule has 0 amide bonds. The highest BCUT2D eigenvalue weighted by Gasteiger charge is 2.39. The molecule has 1 aromatic carbocycles. The predicted octanol–water partition coefficient (Wildman–Crippen LogP) is 2.12. The number of halogens is 3. The highest BCUT2D eigenvalue weighted by atomic mass is 19.4. The number of hydrogen-bond donors (Lipinski definition) is 3. The van der Waals surface area contributed by atoms with Crippen molar-refractivity contribution >= 4 is 11.9 Å². The monoisotopic (exact) mass is 264 g/mol. The van der Waals surface area contributed by atoms with E-state index in [-0.39, 0.29) is 5.56 Å². The van der Waals surface area contributed by atoms with Crippen molar-refractivity contribution in [3.8, 4) is 5.75 Å². The van der Waals surface area contributed by atoms with Crippen LogP contribution >= 0.6 is 0 Å². The van der Waals surface area contributed by atoms with Crippen molar-refractivity contribution in [3.05, 3.63) is 28.3 Å². The van der Waals surface area contributed by atoms with Crippen molar-refractivity contribution in [2.45, 2.75) is 13.1 Å². The molecule has 5 nitrogen and oxygen atoms in total. The Balaban J connectivity index is 3.78. The molecular weight excluding hydrogens is 257 g/mol. The van der Waals surface area contributed by atoms with Gasteiger partial charge in [-0.2, -0.15) is 13.2 Å². The van der Waals surface area contributed by atoms with Crippen molar-refractivity contribution in [3.63, 3.8) is 0 Å². The molecule has 0 heterocycles. The first-order chi connectivity index (χ1) is 8.07. The number of aromatic carboxylic acids is 2. The van der Waals surface area contributed by atoms with E-state index in [0.29, 0.717) is 6.07 Å². The summed E-state index contributed by atoms with van der Waals surface area (Å²) in [6, 6.07) is 0.382. The van der Waals surface area contributed by atoms with Crippen molar-refractivity contribution in [1.29, 1.82) is 0 Å². The summed E-state index contributed by atoms with van der Waals surface area (Å²) < 4.78 is 37.7. The lowest BCUT2D eigenvalue weighted by Crippen LogP contribution is -2.16. The van der Waals surface area contributed by atoms with Crippen molar-refractivity contribution < 1.29 is 38.1 Å². The largest absolute Gasteiger partial charge is 0.506 e. The SMILES string of the molecule is Cc1cc(C(F)(F)F)c(C(=O)O)c(O)c1C(=O)O. The molecule has 0 unspecified atom stereocenters. The Kier molecular flexibility index (Phi) is 3.23. The second-order valence-corrected chi connectivity index (χ2v) is 3.45. The van der Waals surface area contributed by atoms with Crippen molar-refractivity contribution in [2.75, 3.05) is 0 Å². The predicted molar refractivity (Wildman–Crippen MR) is 51.8 cm³/mol. The molecule has 0 spiro atoms. The van der Waals surface area contributed by atoms with E-state index in [4.69, 9.17) is 10.2 Å². The van der Waals surface area contributed by atoms with E-state index < -0.39 is 40.6 Å². The van der Waals surface area contributed by atoms with Gasteiger partial charge in [0.05, 0.1) is 5.56 Å². The van der Waals surface area contributed by atoms with E-state index in [0.717, 1.165) is 6.92 Å². The van der Waals surface area contributed by atoms with Crippen LogP contribution in [0.2, 0.25) is 0 Å². The van der Waals surface area contributed by atoms with Gasteiger partial charge in [0.1, 0.15) is 16.9 Å². The number of carboxylic acid groups (broad SMARTS) is 2. The number of benzene rings is 1. The fourth-order valence-electron chi connectivity index (χ4n) is 1.51. The normalized spacial score (nSPS) is 11.3. The number of alkyl halides is 3. The summed E-state index contributed by atoms with van der Waals surface area (Å²) in [4.78, 5) is 21.5. The molecule has 18 heavy (non-hydrogen) atoms. The van der Waals surface area contributed by atoms with E-state index in [1.807, 2.05) is 0 Å².